The first-order valence-corrected chi connectivity index (χ1v) is 11.2. The zero-order valence-corrected chi connectivity index (χ0v) is 17.9. The molecule has 0 rings (SSSR count). The molecular weight excluding hydrogens is 292 g/mol. The molecule has 0 aromatic heterocycles. The molecule has 3 atom stereocenters. The van der Waals surface area contributed by atoms with E-state index in [1.807, 2.05) is 0 Å². The van der Waals surface area contributed by atoms with Gasteiger partial charge in [-0.25, -0.2) is 0 Å². The SMILES string of the molecule is CCCCCCCCC(CCCCCC)C(O)(C(C)C)C(C)CC. The largest absolute Gasteiger partial charge is 0.389 e. The van der Waals surface area contributed by atoms with E-state index in [9.17, 15) is 5.11 Å². The summed E-state index contributed by atoms with van der Waals surface area (Å²) < 4.78 is 0. The van der Waals surface area contributed by atoms with Gasteiger partial charge in [-0.2, -0.15) is 0 Å². The van der Waals surface area contributed by atoms with Crippen molar-refractivity contribution in [2.75, 3.05) is 0 Å². The van der Waals surface area contributed by atoms with E-state index in [2.05, 4.69) is 41.5 Å². The Morgan fingerprint density at radius 1 is 0.667 bits per heavy atom. The Hall–Kier alpha value is -0.0400. The fourth-order valence-electron chi connectivity index (χ4n) is 4.37. The van der Waals surface area contributed by atoms with Crippen LogP contribution in [0.15, 0.2) is 0 Å². The molecule has 1 nitrogen and oxygen atoms in total. The average Bonchev–Trinajstić information content (AvgIpc) is 2.57. The van der Waals surface area contributed by atoms with Crippen molar-refractivity contribution < 1.29 is 5.11 Å². The molecule has 0 saturated heterocycles. The Kier molecular flexibility index (Phi) is 14.1. The van der Waals surface area contributed by atoms with Crippen LogP contribution in [0.25, 0.3) is 0 Å². The molecule has 24 heavy (non-hydrogen) atoms. The Morgan fingerprint density at radius 3 is 1.50 bits per heavy atom. The van der Waals surface area contributed by atoms with Crippen LogP contribution in [0.5, 0.6) is 0 Å². The minimum absolute atomic E-state index is 0.351. The highest BCUT2D eigenvalue weighted by Crippen LogP contribution is 2.41. The summed E-state index contributed by atoms with van der Waals surface area (Å²) >= 11 is 0. The van der Waals surface area contributed by atoms with Gasteiger partial charge in [-0.15, -0.1) is 0 Å². The second-order valence-corrected chi connectivity index (χ2v) is 8.45. The second kappa shape index (κ2) is 14.2. The lowest BCUT2D eigenvalue weighted by molar-refractivity contribution is -0.108. The lowest BCUT2D eigenvalue weighted by atomic mass is 9.66. The van der Waals surface area contributed by atoms with Crippen molar-refractivity contribution >= 4 is 0 Å². The molecule has 0 heterocycles. The fourth-order valence-corrected chi connectivity index (χ4v) is 4.37. The number of rotatable bonds is 16. The molecule has 0 aliphatic heterocycles. The summed E-state index contributed by atoms with van der Waals surface area (Å²) in [5, 5.41) is 11.6. The summed E-state index contributed by atoms with van der Waals surface area (Å²) in [4.78, 5) is 0. The van der Waals surface area contributed by atoms with Gasteiger partial charge in [0, 0.05) is 0 Å². The van der Waals surface area contributed by atoms with Crippen molar-refractivity contribution in [1.82, 2.24) is 0 Å². The van der Waals surface area contributed by atoms with Gasteiger partial charge in [-0.3, -0.25) is 0 Å². The number of hydrogen-bond acceptors (Lipinski definition) is 1. The topological polar surface area (TPSA) is 20.2 Å². The predicted octanol–water partition coefficient (Wildman–Crippen LogP) is 7.76. The fraction of sp³-hybridized carbons (Fsp3) is 1.00. The minimum atomic E-state index is -0.482. The van der Waals surface area contributed by atoms with Crippen molar-refractivity contribution in [3.8, 4) is 0 Å². The van der Waals surface area contributed by atoms with Crippen molar-refractivity contribution in [2.24, 2.45) is 17.8 Å². The first-order valence-electron chi connectivity index (χ1n) is 11.2. The van der Waals surface area contributed by atoms with Gasteiger partial charge in [0.25, 0.3) is 0 Å². The molecule has 0 aliphatic rings. The molecule has 0 aliphatic carbocycles. The van der Waals surface area contributed by atoms with Crippen molar-refractivity contribution in [2.45, 2.75) is 131 Å². The molecule has 146 valence electrons. The molecule has 0 amide bonds. The standard InChI is InChI=1S/C23H48O/c1-7-10-12-14-15-17-19-22(18-16-13-11-8-2)23(24,20(4)5)21(6)9-3/h20-22,24H,7-19H2,1-6H3. The Balaban J connectivity index is 4.69. The first kappa shape index (κ1) is 24.0. The van der Waals surface area contributed by atoms with Crippen LogP contribution in [0.1, 0.15) is 125 Å². The van der Waals surface area contributed by atoms with Gasteiger partial charge in [0.1, 0.15) is 0 Å². The smallest absolute Gasteiger partial charge is 0.0723 e. The third-order valence-electron chi connectivity index (χ3n) is 6.29. The summed E-state index contributed by atoms with van der Waals surface area (Å²) in [6.07, 6.45) is 16.9. The van der Waals surface area contributed by atoms with Crippen LogP contribution in [-0.2, 0) is 0 Å². The number of hydrogen-bond donors (Lipinski definition) is 1. The van der Waals surface area contributed by atoms with E-state index >= 15 is 0 Å². The van der Waals surface area contributed by atoms with Crippen LogP contribution in [0.2, 0.25) is 0 Å². The summed E-state index contributed by atoms with van der Waals surface area (Å²) in [6, 6.07) is 0. The molecule has 0 aromatic rings. The van der Waals surface area contributed by atoms with Crippen LogP contribution < -0.4 is 0 Å². The average molecular weight is 341 g/mol. The zero-order valence-electron chi connectivity index (χ0n) is 17.9. The van der Waals surface area contributed by atoms with Crippen LogP contribution in [-0.4, -0.2) is 10.7 Å². The molecule has 0 aromatic carbocycles. The minimum Gasteiger partial charge on any atom is -0.389 e. The summed E-state index contributed by atoms with van der Waals surface area (Å²) in [5.41, 5.74) is -0.482. The van der Waals surface area contributed by atoms with Gasteiger partial charge < -0.3 is 5.11 Å². The first-order chi connectivity index (χ1) is 11.4. The molecule has 0 saturated carbocycles. The predicted molar refractivity (Wildman–Crippen MR) is 109 cm³/mol. The van der Waals surface area contributed by atoms with Crippen molar-refractivity contribution in [3.63, 3.8) is 0 Å². The lowest BCUT2D eigenvalue weighted by Crippen LogP contribution is -2.48. The van der Waals surface area contributed by atoms with Crippen molar-refractivity contribution in [1.29, 1.82) is 0 Å². The zero-order chi connectivity index (χ0) is 18.4. The maximum Gasteiger partial charge on any atom is 0.0723 e. The van der Waals surface area contributed by atoms with E-state index in [0.717, 1.165) is 6.42 Å². The quantitative estimate of drug-likeness (QED) is 0.285. The lowest BCUT2D eigenvalue weighted by Gasteiger charge is -2.44. The van der Waals surface area contributed by atoms with E-state index in [1.165, 1.54) is 77.0 Å². The molecule has 0 fully saturated rings. The van der Waals surface area contributed by atoms with Gasteiger partial charge in [-0.1, -0.05) is 112 Å². The van der Waals surface area contributed by atoms with Gasteiger partial charge >= 0.3 is 0 Å². The maximum absolute atomic E-state index is 11.6. The third-order valence-corrected chi connectivity index (χ3v) is 6.29. The van der Waals surface area contributed by atoms with E-state index in [0.29, 0.717) is 17.8 Å². The third kappa shape index (κ3) is 8.37. The van der Waals surface area contributed by atoms with Gasteiger partial charge in [0.2, 0.25) is 0 Å². The number of aliphatic hydroxyl groups is 1. The Bertz CT molecular complexity index is 273. The number of unbranched alkanes of at least 4 members (excludes halogenated alkanes) is 8. The molecule has 1 heteroatoms. The van der Waals surface area contributed by atoms with E-state index < -0.39 is 5.60 Å². The normalized spacial score (nSPS) is 17.0. The van der Waals surface area contributed by atoms with Gasteiger partial charge in [0.05, 0.1) is 5.60 Å². The van der Waals surface area contributed by atoms with Crippen LogP contribution in [0.3, 0.4) is 0 Å². The Morgan fingerprint density at radius 2 is 1.08 bits per heavy atom. The molecule has 0 bridgehead atoms. The van der Waals surface area contributed by atoms with Crippen LogP contribution >= 0.6 is 0 Å². The summed E-state index contributed by atoms with van der Waals surface area (Å²) in [5.74, 6) is 1.23. The molecule has 0 spiro atoms. The van der Waals surface area contributed by atoms with Crippen LogP contribution in [0.4, 0.5) is 0 Å². The molecule has 3 unspecified atom stereocenters. The second-order valence-electron chi connectivity index (χ2n) is 8.45. The highest BCUT2D eigenvalue weighted by Gasteiger charge is 2.42. The highest BCUT2D eigenvalue weighted by atomic mass is 16.3. The highest BCUT2D eigenvalue weighted by molar-refractivity contribution is 4.93. The van der Waals surface area contributed by atoms with Crippen LogP contribution in [0, 0.1) is 17.8 Å². The van der Waals surface area contributed by atoms with E-state index in [-0.39, 0.29) is 0 Å². The molecular formula is C23H48O. The van der Waals surface area contributed by atoms with Gasteiger partial charge in [0.15, 0.2) is 0 Å². The monoisotopic (exact) mass is 340 g/mol. The van der Waals surface area contributed by atoms with E-state index in [1.54, 1.807) is 0 Å². The summed E-state index contributed by atoms with van der Waals surface area (Å²) in [7, 11) is 0. The van der Waals surface area contributed by atoms with Gasteiger partial charge in [-0.05, 0) is 30.6 Å². The molecule has 1 N–H and O–H groups in total. The summed E-state index contributed by atoms with van der Waals surface area (Å²) in [6.45, 7) is 13.5. The van der Waals surface area contributed by atoms with E-state index in [4.69, 9.17) is 0 Å². The maximum atomic E-state index is 11.6. The van der Waals surface area contributed by atoms with Crippen molar-refractivity contribution in [3.05, 3.63) is 0 Å². The molecule has 0 radical (unpaired) electrons. The Labute approximate surface area is 154 Å².